The van der Waals surface area contributed by atoms with Gasteiger partial charge in [0.15, 0.2) is 0 Å². The lowest BCUT2D eigenvalue weighted by Crippen LogP contribution is -2.31. The van der Waals surface area contributed by atoms with Crippen LogP contribution in [0.15, 0.2) is 16.7 Å². The highest BCUT2D eigenvalue weighted by atomic mass is 16.5. The van der Waals surface area contributed by atoms with Crippen molar-refractivity contribution in [3.05, 3.63) is 35.1 Å². The Morgan fingerprint density at radius 3 is 2.96 bits per heavy atom. The van der Waals surface area contributed by atoms with Crippen LogP contribution in [-0.4, -0.2) is 39.5 Å². The van der Waals surface area contributed by atoms with Gasteiger partial charge in [-0.25, -0.2) is 9.97 Å². The van der Waals surface area contributed by atoms with Gasteiger partial charge in [-0.3, -0.25) is 4.79 Å². The first-order chi connectivity index (χ1) is 11.1. The van der Waals surface area contributed by atoms with Crippen LogP contribution in [0.4, 0.5) is 5.82 Å². The van der Waals surface area contributed by atoms with E-state index in [-0.39, 0.29) is 11.9 Å². The van der Waals surface area contributed by atoms with Gasteiger partial charge in [0.1, 0.15) is 11.6 Å². The SMILES string of the molecule is CCc1cc(C(=O)N2CCCC2c2cc(NC)nc(C)n2)on1. The van der Waals surface area contributed by atoms with Crippen LogP contribution in [-0.2, 0) is 6.42 Å². The number of likely N-dealkylation sites (tertiary alicyclic amines) is 1. The zero-order valence-corrected chi connectivity index (χ0v) is 13.7. The molecule has 1 amide bonds. The van der Waals surface area contributed by atoms with E-state index in [2.05, 4.69) is 20.4 Å². The Kier molecular flexibility index (Phi) is 4.27. The molecule has 1 aliphatic rings. The number of aromatic nitrogens is 3. The van der Waals surface area contributed by atoms with E-state index in [1.54, 1.807) is 6.07 Å². The number of hydrogen-bond donors (Lipinski definition) is 1. The summed E-state index contributed by atoms with van der Waals surface area (Å²) in [7, 11) is 1.82. The summed E-state index contributed by atoms with van der Waals surface area (Å²) >= 11 is 0. The quantitative estimate of drug-likeness (QED) is 0.932. The zero-order valence-electron chi connectivity index (χ0n) is 13.7. The highest BCUT2D eigenvalue weighted by molar-refractivity contribution is 5.92. The van der Waals surface area contributed by atoms with Crippen molar-refractivity contribution in [2.75, 3.05) is 18.9 Å². The molecule has 1 atom stereocenters. The van der Waals surface area contributed by atoms with E-state index < -0.39 is 0 Å². The van der Waals surface area contributed by atoms with Crippen molar-refractivity contribution in [1.82, 2.24) is 20.0 Å². The minimum atomic E-state index is -0.123. The Bertz CT molecular complexity index is 712. The highest BCUT2D eigenvalue weighted by Gasteiger charge is 2.33. The predicted octanol–water partition coefficient (Wildman–Crippen LogP) is 2.35. The Labute approximate surface area is 135 Å². The largest absolute Gasteiger partial charge is 0.373 e. The molecule has 0 bridgehead atoms. The van der Waals surface area contributed by atoms with Gasteiger partial charge >= 0.3 is 0 Å². The van der Waals surface area contributed by atoms with Crippen molar-refractivity contribution in [2.24, 2.45) is 0 Å². The number of nitrogens with zero attached hydrogens (tertiary/aromatic N) is 4. The molecule has 3 heterocycles. The van der Waals surface area contributed by atoms with Gasteiger partial charge in [0.25, 0.3) is 5.91 Å². The first-order valence-corrected chi connectivity index (χ1v) is 7.92. The van der Waals surface area contributed by atoms with Gasteiger partial charge < -0.3 is 14.7 Å². The molecule has 0 saturated carbocycles. The van der Waals surface area contributed by atoms with Crippen molar-refractivity contribution in [1.29, 1.82) is 0 Å². The molecule has 0 aliphatic carbocycles. The molecule has 3 rings (SSSR count). The lowest BCUT2D eigenvalue weighted by molar-refractivity contribution is 0.0690. The Morgan fingerprint density at radius 2 is 2.26 bits per heavy atom. The van der Waals surface area contributed by atoms with E-state index in [0.29, 0.717) is 18.1 Å². The molecule has 2 aromatic rings. The number of amides is 1. The lowest BCUT2D eigenvalue weighted by Gasteiger charge is -2.23. The summed E-state index contributed by atoms with van der Waals surface area (Å²) in [5, 5.41) is 6.94. The van der Waals surface area contributed by atoms with Crippen LogP contribution < -0.4 is 5.32 Å². The Hall–Kier alpha value is -2.44. The molecular weight excluding hydrogens is 294 g/mol. The number of nitrogens with one attached hydrogen (secondary N) is 1. The number of rotatable bonds is 4. The third kappa shape index (κ3) is 3.04. The predicted molar refractivity (Wildman–Crippen MR) is 85.2 cm³/mol. The van der Waals surface area contributed by atoms with E-state index in [0.717, 1.165) is 36.5 Å². The molecule has 1 saturated heterocycles. The fourth-order valence-corrected chi connectivity index (χ4v) is 2.93. The van der Waals surface area contributed by atoms with Crippen LogP contribution in [0.1, 0.15) is 53.6 Å². The van der Waals surface area contributed by atoms with Gasteiger partial charge in [0, 0.05) is 25.7 Å². The molecule has 0 radical (unpaired) electrons. The average Bonchev–Trinajstić information content (AvgIpc) is 3.22. The first-order valence-electron chi connectivity index (χ1n) is 7.92. The Balaban J connectivity index is 1.88. The molecule has 1 aliphatic heterocycles. The summed E-state index contributed by atoms with van der Waals surface area (Å²) in [4.78, 5) is 23.4. The lowest BCUT2D eigenvalue weighted by atomic mass is 10.1. The fourth-order valence-electron chi connectivity index (χ4n) is 2.93. The topological polar surface area (TPSA) is 84.2 Å². The molecule has 7 nitrogen and oxygen atoms in total. The number of carbonyl (C=O) groups is 1. The Morgan fingerprint density at radius 1 is 1.43 bits per heavy atom. The van der Waals surface area contributed by atoms with Crippen LogP contribution in [0, 0.1) is 6.92 Å². The summed E-state index contributed by atoms with van der Waals surface area (Å²) in [6.07, 6.45) is 2.58. The van der Waals surface area contributed by atoms with Crippen LogP contribution in [0.5, 0.6) is 0 Å². The van der Waals surface area contributed by atoms with Gasteiger partial charge in [-0.1, -0.05) is 12.1 Å². The van der Waals surface area contributed by atoms with Crippen molar-refractivity contribution in [2.45, 2.75) is 39.2 Å². The number of anilines is 1. The van der Waals surface area contributed by atoms with E-state index in [4.69, 9.17) is 4.52 Å². The third-order valence-corrected chi connectivity index (χ3v) is 4.10. The molecule has 0 spiro atoms. The van der Waals surface area contributed by atoms with Gasteiger partial charge in [-0.15, -0.1) is 0 Å². The van der Waals surface area contributed by atoms with E-state index in [1.807, 2.05) is 31.9 Å². The smallest absolute Gasteiger partial charge is 0.293 e. The van der Waals surface area contributed by atoms with E-state index in [1.165, 1.54) is 0 Å². The minimum absolute atomic E-state index is 0.0496. The second-order valence-corrected chi connectivity index (χ2v) is 5.67. The minimum Gasteiger partial charge on any atom is -0.373 e. The normalized spacial score (nSPS) is 17.5. The summed E-state index contributed by atoms with van der Waals surface area (Å²) in [5.41, 5.74) is 1.65. The maximum absolute atomic E-state index is 12.7. The molecule has 1 N–H and O–H groups in total. The highest BCUT2D eigenvalue weighted by Crippen LogP contribution is 2.33. The molecule has 23 heavy (non-hydrogen) atoms. The second-order valence-electron chi connectivity index (χ2n) is 5.67. The first kappa shape index (κ1) is 15.5. The molecule has 2 aromatic heterocycles. The average molecular weight is 315 g/mol. The number of hydrogen-bond acceptors (Lipinski definition) is 6. The van der Waals surface area contributed by atoms with Gasteiger partial charge in [0.2, 0.25) is 5.76 Å². The van der Waals surface area contributed by atoms with Crippen LogP contribution >= 0.6 is 0 Å². The maximum Gasteiger partial charge on any atom is 0.293 e. The van der Waals surface area contributed by atoms with Crippen molar-refractivity contribution >= 4 is 11.7 Å². The number of aryl methyl sites for hydroxylation is 2. The van der Waals surface area contributed by atoms with Crippen LogP contribution in [0.2, 0.25) is 0 Å². The monoisotopic (exact) mass is 315 g/mol. The molecule has 1 fully saturated rings. The third-order valence-electron chi connectivity index (χ3n) is 4.10. The summed E-state index contributed by atoms with van der Waals surface area (Å²) < 4.78 is 5.20. The summed E-state index contributed by atoms with van der Waals surface area (Å²) in [5.74, 6) is 1.63. The summed E-state index contributed by atoms with van der Waals surface area (Å²) in [6.45, 7) is 4.53. The number of carbonyl (C=O) groups excluding carboxylic acids is 1. The second kappa shape index (κ2) is 6.36. The van der Waals surface area contributed by atoms with E-state index in [9.17, 15) is 4.79 Å². The van der Waals surface area contributed by atoms with E-state index >= 15 is 0 Å². The van der Waals surface area contributed by atoms with Gasteiger partial charge in [-0.05, 0) is 26.2 Å². The molecule has 1 unspecified atom stereocenters. The van der Waals surface area contributed by atoms with Crippen molar-refractivity contribution < 1.29 is 9.32 Å². The fraction of sp³-hybridized carbons (Fsp3) is 0.500. The molecular formula is C16H21N5O2. The van der Waals surface area contributed by atoms with Crippen molar-refractivity contribution in [3.63, 3.8) is 0 Å². The zero-order chi connectivity index (χ0) is 16.4. The van der Waals surface area contributed by atoms with Crippen molar-refractivity contribution in [3.8, 4) is 0 Å². The van der Waals surface area contributed by atoms with Crippen LogP contribution in [0.3, 0.4) is 0 Å². The van der Waals surface area contributed by atoms with Gasteiger partial charge in [0.05, 0.1) is 17.4 Å². The summed E-state index contributed by atoms with van der Waals surface area (Å²) in [6, 6.07) is 3.58. The standard InChI is InChI=1S/C16H21N5O2/c1-4-11-8-14(23-20-11)16(22)21-7-5-6-13(21)12-9-15(17-3)19-10(2)18-12/h8-9,13H,4-7H2,1-3H3,(H,17,18,19). The van der Waals surface area contributed by atoms with Crippen LogP contribution in [0.25, 0.3) is 0 Å². The van der Waals surface area contributed by atoms with Gasteiger partial charge in [-0.2, -0.15) is 0 Å². The molecule has 7 heteroatoms. The molecule has 0 aromatic carbocycles. The maximum atomic E-state index is 12.7. The molecule has 122 valence electrons.